The molecule has 134 valence electrons. The molecule has 0 bridgehead atoms. The van der Waals surface area contributed by atoms with E-state index in [1.54, 1.807) is 7.11 Å². The van der Waals surface area contributed by atoms with Crippen LogP contribution in [0.4, 0.5) is 0 Å². The molecule has 0 aromatic heterocycles. The minimum atomic E-state index is -0.0449. The number of hydrogen-bond acceptors (Lipinski definition) is 3. The van der Waals surface area contributed by atoms with Gasteiger partial charge in [0, 0.05) is 25.8 Å². The second-order valence-corrected chi connectivity index (χ2v) is 6.39. The molecule has 1 atom stereocenters. The van der Waals surface area contributed by atoms with Gasteiger partial charge in [-0.1, -0.05) is 49.4 Å². The molecule has 1 amide bonds. The summed E-state index contributed by atoms with van der Waals surface area (Å²) in [6, 6.07) is 18.3. The van der Waals surface area contributed by atoms with Gasteiger partial charge in [0.1, 0.15) is 0 Å². The lowest BCUT2D eigenvalue weighted by Crippen LogP contribution is -2.37. The predicted molar refractivity (Wildman–Crippen MR) is 101 cm³/mol. The quantitative estimate of drug-likeness (QED) is 0.760. The number of rotatable bonds is 9. The van der Waals surface area contributed by atoms with E-state index in [1.807, 2.05) is 31.2 Å². The fourth-order valence-corrected chi connectivity index (χ4v) is 2.81. The van der Waals surface area contributed by atoms with E-state index >= 15 is 0 Å². The molecule has 0 saturated heterocycles. The zero-order valence-electron chi connectivity index (χ0n) is 15.4. The normalized spacial score (nSPS) is 12.2. The Morgan fingerprint density at radius 3 is 2.44 bits per heavy atom. The van der Waals surface area contributed by atoms with Gasteiger partial charge < -0.3 is 10.1 Å². The van der Waals surface area contributed by atoms with Crippen molar-refractivity contribution < 1.29 is 9.53 Å². The number of benzene rings is 2. The molecule has 1 unspecified atom stereocenters. The predicted octanol–water partition coefficient (Wildman–Crippen LogP) is 3.47. The zero-order chi connectivity index (χ0) is 18.1. The van der Waals surface area contributed by atoms with E-state index in [1.165, 1.54) is 5.56 Å². The van der Waals surface area contributed by atoms with Crippen molar-refractivity contribution in [3.05, 3.63) is 71.3 Å². The number of nitrogens with one attached hydrogen (secondary N) is 1. The van der Waals surface area contributed by atoms with Crippen molar-refractivity contribution in [3.63, 3.8) is 0 Å². The second kappa shape index (κ2) is 9.97. The Labute approximate surface area is 150 Å². The van der Waals surface area contributed by atoms with Crippen LogP contribution in [0.2, 0.25) is 0 Å². The van der Waals surface area contributed by atoms with E-state index < -0.39 is 0 Å². The lowest BCUT2D eigenvalue weighted by molar-refractivity contribution is 0.0894. The highest BCUT2D eigenvalue weighted by Gasteiger charge is 2.12. The van der Waals surface area contributed by atoms with Crippen LogP contribution in [0, 0.1) is 0 Å². The molecule has 0 saturated carbocycles. The third kappa shape index (κ3) is 6.33. The maximum absolute atomic E-state index is 12.4. The molecular formula is C21H28N2O2. The van der Waals surface area contributed by atoms with E-state index in [-0.39, 0.29) is 11.9 Å². The average Bonchev–Trinajstić information content (AvgIpc) is 2.62. The molecular weight excluding hydrogens is 312 g/mol. The molecule has 25 heavy (non-hydrogen) atoms. The minimum Gasteiger partial charge on any atom is -0.383 e. The molecule has 2 rings (SSSR count). The van der Waals surface area contributed by atoms with Crippen molar-refractivity contribution in [3.8, 4) is 0 Å². The van der Waals surface area contributed by atoms with Crippen LogP contribution in [0.15, 0.2) is 54.6 Å². The fraction of sp³-hybridized carbons (Fsp3) is 0.381. The molecule has 0 aliphatic rings. The maximum atomic E-state index is 12.4. The molecule has 0 aliphatic heterocycles. The van der Waals surface area contributed by atoms with Crippen LogP contribution >= 0.6 is 0 Å². The van der Waals surface area contributed by atoms with Crippen LogP contribution in [-0.2, 0) is 17.8 Å². The van der Waals surface area contributed by atoms with Crippen molar-refractivity contribution in [2.24, 2.45) is 0 Å². The lowest BCUT2D eigenvalue weighted by atomic mass is 10.1. The van der Waals surface area contributed by atoms with E-state index in [0.717, 1.165) is 25.1 Å². The zero-order valence-corrected chi connectivity index (χ0v) is 15.4. The fourth-order valence-electron chi connectivity index (χ4n) is 2.81. The number of carbonyl (C=O) groups excluding carboxylic acids is 1. The average molecular weight is 340 g/mol. The summed E-state index contributed by atoms with van der Waals surface area (Å²) in [6.07, 6.45) is 0.846. The second-order valence-electron chi connectivity index (χ2n) is 6.39. The molecule has 4 heteroatoms. The standard InChI is InChI=1S/C21H28N2O2/c1-4-20(16-25-3)22-21(24)19-12-8-11-18(13-19)15-23(2)14-17-9-6-5-7-10-17/h5-13,20H,4,14-16H2,1-3H3,(H,22,24). The van der Waals surface area contributed by atoms with Gasteiger partial charge in [-0.05, 0) is 36.7 Å². The van der Waals surface area contributed by atoms with Gasteiger partial charge in [0.25, 0.3) is 5.91 Å². The Morgan fingerprint density at radius 2 is 1.76 bits per heavy atom. The minimum absolute atomic E-state index is 0.0434. The molecule has 2 aromatic carbocycles. The summed E-state index contributed by atoms with van der Waals surface area (Å²) in [5.41, 5.74) is 3.11. The topological polar surface area (TPSA) is 41.6 Å². The van der Waals surface area contributed by atoms with Crippen LogP contribution in [0.25, 0.3) is 0 Å². The first-order valence-corrected chi connectivity index (χ1v) is 8.73. The van der Waals surface area contributed by atoms with Crippen LogP contribution < -0.4 is 5.32 Å². The smallest absolute Gasteiger partial charge is 0.251 e. The Morgan fingerprint density at radius 1 is 1.08 bits per heavy atom. The van der Waals surface area contributed by atoms with Crippen LogP contribution in [0.1, 0.15) is 34.8 Å². The van der Waals surface area contributed by atoms with Crippen LogP contribution in [0.3, 0.4) is 0 Å². The Kier molecular flexibility index (Phi) is 7.64. The molecule has 1 N–H and O–H groups in total. The Hall–Kier alpha value is -2.17. The molecule has 4 nitrogen and oxygen atoms in total. The molecule has 0 heterocycles. The SMILES string of the molecule is CCC(COC)NC(=O)c1cccc(CN(C)Cc2ccccc2)c1. The number of nitrogens with zero attached hydrogens (tertiary/aromatic N) is 1. The molecule has 0 aliphatic carbocycles. The molecule has 0 radical (unpaired) electrons. The van der Waals surface area contributed by atoms with E-state index in [9.17, 15) is 4.79 Å². The maximum Gasteiger partial charge on any atom is 0.251 e. The van der Waals surface area contributed by atoms with Gasteiger partial charge in [-0.25, -0.2) is 0 Å². The third-order valence-electron chi connectivity index (χ3n) is 4.13. The lowest BCUT2D eigenvalue weighted by Gasteiger charge is -2.18. The summed E-state index contributed by atoms with van der Waals surface area (Å²) in [5, 5.41) is 3.03. The highest BCUT2D eigenvalue weighted by Crippen LogP contribution is 2.11. The largest absolute Gasteiger partial charge is 0.383 e. The van der Waals surface area contributed by atoms with Gasteiger partial charge >= 0.3 is 0 Å². The number of ether oxygens (including phenoxy) is 1. The summed E-state index contributed by atoms with van der Waals surface area (Å²) in [7, 11) is 3.74. The van der Waals surface area contributed by atoms with E-state index in [0.29, 0.717) is 12.2 Å². The van der Waals surface area contributed by atoms with Crippen molar-refractivity contribution in [1.82, 2.24) is 10.2 Å². The van der Waals surface area contributed by atoms with E-state index in [2.05, 4.69) is 47.6 Å². The molecule has 0 fully saturated rings. The number of methoxy groups -OCH3 is 1. The van der Waals surface area contributed by atoms with Crippen molar-refractivity contribution in [2.45, 2.75) is 32.5 Å². The summed E-state index contributed by atoms with van der Waals surface area (Å²) in [6.45, 7) is 4.25. The van der Waals surface area contributed by atoms with Crippen molar-refractivity contribution in [2.75, 3.05) is 20.8 Å². The number of hydrogen-bond donors (Lipinski definition) is 1. The van der Waals surface area contributed by atoms with Crippen molar-refractivity contribution >= 4 is 5.91 Å². The van der Waals surface area contributed by atoms with Crippen LogP contribution in [-0.4, -0.2) is 37.6 Å². The molecule has 2 aromatic rings. The van der Waals surface area contributed by atoms with Gasteiger partial charge in [0.05, 0.1) is 12.6 Å². The Bertz CT molecular complexity index is 658. The first-order valence-electron chi connectivity index (χ1n) is 8.73. The number of carbonyl (C=O) groups is 1. The summed E-state index contributed by atoms with van der Waals surface area (Å²) in [5.74, 6) is -0.0449. The summed E-state index contributed by atoms with van der Waals surface area (Å²) >= 11 is 0. The van der Waals surface area contributed by atoms with Crippen LogP contribution in [0.5, 0.6) is 0 Å². The van der Waals surface area contributed by atoms with E-state index in [4.69, 9.17) is 4.74 Å². The van der Waals surface area contributed by atoms with Gasteiger partial charge in [0.15, 0.2) is 0 Å². The summed E-state index contributed by atoms with van der Waals surface area (Å²) < 4.78 is 5.14. The van der Waals surface area contributed by atoms with Gasteiger partial charge in [-0.3, -0.25) is 9.69 Å². The Balaban J connectivity index is 1.97. The third-order valence-corrected chi connectivity index (χ3v) is 4.13. The van der Waals surface area contributed by atoms with Gasteiger partial charge in [0.2, 0.25) is 0 Å². The number of amides is 1. The summed E-state index contributed by atoms with van der Waals surface area (Å²) in [4.78, 5) is 14.7. The van der Waals surface area contributed by atoms with Gasteiger partial charge in [-0.2, -0.15) is 0 Å². The highest BCUT2D eigenvalue weighted by molar-refractivity contribution is 5.94. The molecule has 0 spiro atoms. The highest BCUT2D eigenvalue weighted by atomic mass is 16.5. The first kappa shape index (κ1) is 19.2. The first-order chi connectivity index (χ1) is 12.1. The van der Waals surface area contributed by atoms with Crippen molar-refractivity contribution in [1.29, 1.82) is 0 Å². The monoisotopic (exact) mass is 340 g/mol. The van der Waals surface area contributed by atoms with Gasteiger partial charge in [-0.15, -0.1) is 0 Å².